The van der Waals surface area contributed by atoms with Crippen LogP contribution in [0.3, 0.4) is 0 Å². The second-order valence-electron chi connectivity index (χ2n) is 5.38. The third-order valence-corrected chi connectivity index (χ3v) is 3.72. The van der Waals surface area contributed by atoms with Crippen molar-refractivity contribution in [2.24, 2.45) is 5.73 Å². The summed E-state index contributed by atoms with van der Waals surface area (Å²) >= 11 is 0. The van der Waals surface area contributed by atoms with E-state index in [0.29, 0.717) is 11.4 Å². The first-order valence-electron chi connectivity index (χ1n) is 7.23. The van der Waals surface area contributed by atoms with Crippen LogP contribution < -0.4 is 120 Å². The summed E-state index contributed by atoms with van der Waals surface area (Å²) in [6.07, 6.45) is 1.60. The SMILES string of the molecule is NC(=O)c1cccc(CCc2ccc3nc(N)nc(N)c3c2)c1.[H-].[H-].[K+].[K+]. The Hall–Kier alpha value is 0.123. The smallest absolute Gasteiger partial charge is 1.00 e. The molecule has 1 heterocycles. The number of nitrogens with zero attached hydrogens (tertiary/aromatic N) is 2. The predicted octanol–water partition coefficient (Wildman–Crippen LogP) is -4.09. The largest absolute Gasteiger partial charge is 1.00 e. The number of nitrogen functional groups attached to an aromatic ring is 2. The molecule has 0 fully saturated rings. The van der Waals surface area contributed by atoms with E-state index in [1.165, 1.54) is 0 Å². The summed E-state index contributed by atoms with van der Waals surface area (Å²) in [5, 5.41) is 0.794. The molecule has 0 aliphatic carbocycles. The van der Waals surface area contributed by atoms with E-state index in [-0.39, 0.29) is 112 Å². The number of carbonyl (C=O) groups is 1. The molecule has 3 rings (SSSR count). The van der Waals surface area contributed by atoms with Gasteiger partial charge in [0.05, 0.1) is 5.52 Å². The number of nitrogens with two attached hydrogens (primary N) is 3. The molecule has 25 heavy (non-hydrogen) atoms. The van der Waals surface area contributed by atoms with Gasteiger partial charge in [-0.1, -0.05) is 18.2 Å². The number of rotatable bonds is 4. The molecule has 0 aliphatic rings. The van der Waals surface area contributed by atoms with Crippen molar-refractivity contribution in [3.05, 3.63) is 59.2 Å². The van der Waals surface area contributed by atoms with Gasteiger partial charge in [-0.25, -0.2) is 4.98 Å². The third-order valence-electron chi connectivity index (χ3n) is 3.72. The van der Waals surface area contributed by atoms with Crippen LogP contribution in [-0.4, -0.2) is 15.9 Å². The van der Waals surface area contributed by atoms with Crippen LogP contribution in [0.1, 0.15) is 24.3 Å². The van der Waals surface area contributed by atoms with Gasteiger partial charge in [-0.3, -0.25) is 4.79 Å². The average molecular weight is 388 g/mol. The molecule has 0 spiro atoms. The molecule has 120 valence electrons. The van der Waals surface area contributed by atoms with Gasteiger partial charge in [0, 0.05) is 10.9 Å². The van der Waals surface area contributed by atoms with Gasteiger partial charge >= 0.3 is 103 Å². The number of carbonyl (C=O) groups excluding carboxylic acids is 1. The van der Waals surface area contributed by atoms with Gasteiger partial charge in [-0.2, -0.15) is 4.98 Å². The van der Waals surface area contributed by atoms with Crippen LogP contribution in [0.5, 0.6) is 0 Å². The van der Waals surface area contributed by atoms with E-state index in [2.05, 4.69) is 9.97 Å². The van der Waals surface area contributed by atoms with Crippen molar-refractivity contribution in [3.8, 4) is 0 Å². The van der Waals surface area contributed by atoms with Crippen molar-refractivity contribution >= 4 is 28.6 Å². The van der Waals surface area contributed by atoms with Crippen molar-refractivity contribution in [1.82, 2.24) is 9.97 Å². The molecule has 0 saturated heterocycles. The Kier molecular flexibility index (Phi) is 9.69. The number of primary amides is 1. The fraction of sp³-hybridized carbons (Fsp3) is 0.118. The number of anilines is 2. The fourth-order valence-electron chi connectivity index (χ4n) is 2.54. The monoisotopic (exact) mass is 387 g/mol. The molecule has 8 heteroatoms. The van der Waals surface area contributed by atoms with E-state index in [1.54, 1.807) is 6.07 Å². The second kappa shape index (κ2) is 10.5. The van der Waals surface area contributed by atoms with Crippen LogP contribution in [-0.2, 0) is 12.8 Å². The fourth-order valence-corrected chi connectivity index (χ4v) is 2.54. The zero-order valence-corrected chi connectivity index (χ0v) is 20.7. The molecule has 0 radical (unpaired) electrons. The van der Waals surface area contributed by atoms with Crippen LogP contribution in [0.4, 0.5) is 11.8 Å². The van der Waals surface area contributed by atoms with Crippen LogP contribution >= 0.6 is 0 Å². The van der Waals surface area contributed by atoms with Gasteiger partial charge < -0.3 is 20.1 Å². The molecule has 1 aromatic heterocycles. The quantitative estimate of drug-likeness (QED) is 0.393. The molecular weight excluding hydrogens is 368 g/mol. The van der Waals surface area contributed by atoms with E-state index in [0.717, 1.165) is 34.9 Å². The first-order chi connectivity index (χ1) is 11.0. The maximum Gasteiger partial charge on any atom is 1.00 e. The Morgan fingerprint density at radius 3 is 2.32 bits per heavy atom. The third kappa shape index (κ3) is 6.06. The first kappa shape index (κ1) is 23.2. The molecule has 2 aromatic carbocycles. The molecular formula is C17H19K2N5O. The minimum Gasteiger partial charge on any atom is -1.00 e. The van der Waals surface area contributed by atoms with E-state index >= 15 is 0 Å². The van der Waals surface area contributed by atoms with Gasteiger partial charge in [0.25, 0.3) is 0 Å². The van der Waals surface area contributed by atoms with E-state index < -0.39 is 5.91 Å². The Morgan fingerprint density at radius 2 is 1.64 bits per heavy atom. The van der Waals surface area contributed by atoms with Crippen molar-refractivity contribution in [1.29, 1.82) is 0 Å². The van der Waals surface area contributed by atoms with Crippen molar-refractivity contribution in [3.63, 3.8) is 0 Å². The molecule has 6 N–H and O–H groups in total. The summed E-state index contributed by atoms with van der Waals surface area (Å²) in [5.41, 5.74) is 20.2. The number of hydrogen-bond acceptors (Lipinski definition) is 5. The minimum absolute atomic E-state index is 0. The molecule has 0 atom stereocenters. The van der Waals surface area contributed by atoms with Crippen molar-refractivity contribution in [2.75, 3.05) is 11.5 Å². The Morgan fingerprint density at radius 1 is 0.960 bits per heavy atom. The number of aromatic nitrogens is 2. The average Bonchev–Trinajstić information content (AvgIpc) is 2.53. The summed E-state index contributed by atoms with van der Waals surface area (Å²) in [5.74, 6) is 0.135. The van der Waals surface area contributed by atoms with Gasteiger partial charge in [0.1, 0.15) is 5.82 Å². The molecule has 3 aromatic rings. The maximum absolute atomic E-state index is 11.2. The summed E-state index contributed by atoms with van der Waals surface area (Å²) in [4.78, 5) is 19.4. The van der Waals surface area contributed by atoms with Crippen molar-refractivity contribution in [2.45, 2.75) is 12.8 Å². The molecule has 0 aliphatic heterocycles. The van der Waals surface area contributed by atoms with Gasteiger partial charge in [-0.05, 0) is 48.2 Å². The number of amides is 1. The second-order valence-corrected chi connectivity index (χ2v) is 5.38. The van der Waals surface area contributed by atoms with Crippen molar-refractivity contribution < 1.29 is 110 Å². The number of aryl methyl sites for hydroxylation is 2. The minimum atomic E-state index is -0.417. The van der Waals surface area contributed by atoms with Crippen LogP contribution in [0.2, 0.25) is 0 Å². The summed E-state index contributed by atoms with van der Waals surface area (Å²) in [7, 11) is 0. The van der Waals surface area contributed by atoms with Gasteiger partial charge in [0.2, 0.25) is 11.9 Å². The molecule has 6 nitrogen and oxygen atoms in total. The first-order valence-corrected chi connectivity index (χ1v) is 7.23. The zero-order valence-electron chi connectivity index (χ0n) is 16.5. The normalized spacial score (nSPS) is 9.92. The number of benzene rings is 2. The molecule has 0 bridgehead atoms. The Labute approximate surface area is 234 Å². The summed E-state index contributed by atoms with van der Waals surface area (Å²) < 4.78 is 0. The Balaban J connectivity index is 0. The summed E-state index contributed by atoms with van der Waals surface area (Å²) in [6.45, 7) is 0. The Bertz CT molecular complexity index is 912. The maximum atomic E-state index is 11.2. The van der Waals surface area contributed by atoms with Crippen LogP contribution in [0.25, 0.3) is 10.9 Å². The van der Waals surface area contributed by atoms with E-state index in [4.69, 9.17) is 17.2 Å². The van der Waals surface area contributed by atoms with Crippen LogP contribution in [0.15, 0.2) is 42.5 Å². The van der Waals surface area contributed by atoms with E-state index in [1.807, 2.05) is 36.4 Å². The molecule has 0 saturated carbocycles. The number of hydrogen-bond donors (Lipinski definition) is 3. The zero-order chi connectivity index (χ0) is 16.4. The van der Waals surface area contributed by atoms with Gasteiger partial charge in [-0.15, -0.1) is 0 Å². The van der Waals surface area contributed by atoms with E-state index in [9.17, 15) is 4.79 Å². The van der Waals surface area contributed by atoms with Crippen LogP contribution in [0, 0.1) is 0 Å². The predicted molar refractivity (Wildman–Crippen MR) is 93.0 cm³/mol. The standard InChI is InChI=1S/C17H17N5O.2K.2H/c18-15-13-9-11(6-7-14(13)21-17(20)22-15)5-4-10-2-1-3-12(8-10)16(19)23;;;;/h1-3,6-9H,4-5H2,(H2,19,23)(H4,18,20,21,22);;;;/q;2*+1;2*-1. The van der Waals surface area contributed by atoms with Gasteiger partial charge in [0.15, 0.2) is 0 Å². The number of fused-ring (bicyclic) bond motifs is 1. The summed E-state index contributed by atoms with van der Waals surface area (Å²) in [6, 6.07) is 13.2. The topological polar surface area (TPSA) is 121 Å². The molecule has 1 amide bonds. The molecule has 0 unspecified atom stereocenters.